The van der Waals surface area contributed by atoms with E-state index in [1.54, 1.807) is 10.9 Å². The first-order valence-corrected chi connectivity index (χ1v) is 14.1. The first kappa shape index (κ1) is 26.9. The van der Waals surface area contributed by atoms with Crippen LogP contribution < -0.4 is 5.73 Å². The molecule has 5 N–H and O–H groups in total. The minimum atomic E-state index is -5.53. The lowest BCUT2D eigenvalue weighted by atomic mass is 10.1. The summed E-state index contributed by atoms with van der Waals surface area (Å²) in [5.74, 6) is 2.24. The monoisotopic (exact) mass is 541 g/mol. The molecule has 1 fully saturated rings. The molecule has 0 spiro atoms. The number of hydrogen-bond donors (Lipinski definition) is 4. The Hall–Kier alpha value is -1.72. The van der Waals surface area contributed by atoms with Crippen LogP contribution in [0.2, 0.25) is 0 Å². The molecule has 0 bridgehead atoms. The third-order valence-corrected chi connectivity index (χ3v) is 8.67. The summed E-state index contributed by atoms with van der Waals surface area (Å²) in [7, 11) is -15.8. The lowest BCUT2D eigenvalue weighted by Crippen LogP contribution is -2.18. The van der Waals surface area contributed by atoms with Crippen molar-refractivity contribution in [1.29, 1.82) is 0 Å². The number of rotatable bonds is 12. The van der Waals surface area contributed by atoms with Gasteiger partial charge < -0.3 is 29.7 Å². The fourth-order valence-electron chi connectivity index (χ4n) is 3.11. The molecular formula is C15H22N5O11P3. The number of anilines is 1. The van der Waals surface area contributed by atoms with Gasteiger partial charge in [-0.3, -0.25) is 9.05 Å². The zero-order valence-corrected chi connectivity index (χ0v) is 20.1. The summed E-state index contributed by atoms with van der Waals surface area (Å²) in [5, 5.41) is 0. The normalized spacial score (nSPS) is 22.3. The number of terminal acetylenes is 1. The van der Waals surface area contributed by atoms with E-state index in [0.29, 0.717) is 37.0 Å². The van der Waals surface area contributed by atoms with Crippen molar-refractivity contribution in [2.75, 3.05) is 18.9 Å². The highest BCUT2D eigenvalue weighted by molar-refractivity contribution is 7.66. The molecule has 1 aliphatic heterocycles. The number of ether oxygens (including phenoxy) is 1. The van der Waals surface area contributed by atoms with Crippen molar-refractivity contribution in [1.82, 2.24) is 19.5 Å². The van der Waals surface area contributed by atoms with Gasteiger partial charge in [0.25, 0.3) is 0 Å². The smallest absolute Gasteiger partial charge is 0.382 e. The fourth-order valence-corrected chi connectivity index (χ4v) is 6.62. The molecule has 16 nitrogen and oxygen atoms in total. The molecule has 2 aromatic heterocycles. The molecule has 1 aliphatic rings. The molecule has 34 heavy (non-hydrogen) atoms. The molecule has 3 rings (SSSR count). The average Bonchev–Trinajstić information content (AvgIpc) is 3.34. The average molecular weight is 541 g/mol. The summed E-state index contributed by atoms with van der Waals surface area (Å²) in [6.07, 6.45) is 8.88. The second-order valence-corrected chi connectivity index (χ2v) is 11.6. The Bertz CT molecular complexity index is 1190. The van der Waals surface area contributed by atoms with E-state index in [1.807, 2.05) is 5.92 Å². The van der Waals surface area contributed by atoms with Crippen molar-refractivity contribution in [2.45, 2.75) is 38.0 Å². The van der Waals surface area contributed by atoms with Crippen LogP contribution in [0.1, 0.15) is 19.3 Å². The molecule has 4 atom stereocenters. The van der Waals surface area contributed by atoms with Crippen LogP contribution in [0, 0.1) is 12.3 Å². The summed E-state index contributed by atoms with van der Waals surface area (Å²) in [4.78, 5) is 39.1. The zero-order valence-electron chi connectivity index (χ0n) is 17.4. The Balaban J connectivity index is 1.54. The molecule has 0 aliphatic carbocycles. The quantitative estimate of drug-likeness (QED) is 0.220. The molecule has 0 aromatic carbocycles. The van der Waals surface area contributed by atoms with E-state index in [4.69, 9.17) is 31.2 Å². The van der Waals surface area contributed by atoms with Crippen LogP contribution in [-0.2, 0) is 42.6 Å². The summed E-state index contributed by atoms with van der Waals surface area (Å²) in [5.41, 5.74) is 6.85. The first-order chi connectivity index (χ1) is 15.9. The lowest BCUT2D eigenvalue weighted by molar-refractivity contribution is 0.00431. The fraction of sp³-hybridized carbons (Fsp3) is 0.533. The van der Waals surface area contributed by atoms with Crippen LogP contribution in [0.5, 0.6) is 0 Å². The molecular weight excluding hydrogens is 519 g/mol. The van der Waals surface area contributed by atoms with Crippen molar-refractivity contribution < 1.29 is 50.8 Å². The van der Waals surface area contributed by atoms with Gasteiger partial charge in [0, 0.05) is 6.54 Å². The topological polar surface area (TPSA) is 228 Å². The second-order valence-electron chi connectivity index (χ2n) is 6.96. The molecule has 4 unspecified atom stereocenters. The number of aryl methyl sites for hydroxylation is 1. The maximum atomic E-state index is 12.6. The minimum Gasteiger partial charge on any atom is -0.382 e. The second kappa shape index (κ2) is 10.9. The van der Waals surface area contributed by atoms with Crippen LogP contribution in [0.15, 0.2) is 12.7 Å². The molecule has 19 heteroatoms. The van der Waals surface area contributed by atoms with Gasteiger partial charge in [0.05, 0.1) is 25.1 Å². The molecule has 0 radical (unpaired) electrons. The third kappa shape index (κ3) is 7.64. The van der Waals surface area contributed by atoms with Gasteiger partial charge in [-0.25, -0.2) is 28.6 Å². The number of nitrogen functional groups attached to an aromatic ring is 1. The van der Waals surface area contributed by atoms with Crippen molar-refractivity contribution in [3.63, 3.8) is 0 Å². The van der Waals surface area contributed by atoms with E-state index in [-0.39, 0.29) is 18.5 Å². The van der Waals surface area contributed by atoms with Gasteiger partial charge in [0.1, 0.15) is 18.5 Å². The number of fused-ring (bicyclic) bond motifs is 1. The summed E-state index contributed by atoms with van der Waals surface area (Å²) < 4.78 is 60.4. The first-order valence-electron chi connectivity index (χ1n) is 9.60. The van der Waals surface area contributed by atoms with Gasteiger partial charge >= 0.3 is 23.5 Å². The number of phosphoric acid groups is 3. The molecule has 0 amide bonds. The SMILES string of the molecule is C#CCOP(=O)(OCC1CCC(CCn2cnc3c(N)ncnc32)O1)OP(=O)(O)OP(=O)(O)O. The number of imidazole rings is 1. The van der Waals surface area contributed by atoms with Crippen LogP contribution >= 0.6 is 23.5 Å². The molecule has 188 valence electrons. The molecule has 0 saturated carbocycles. The third-order valence-electron chi connectivity index (χ3n) is 4.45. The number of nitrogens with two attached hydrogens (primary N) is 1. The van der Waals surface area contributed by atoms with Crippen molar-refractivity contribution in [3.8, 4) is 12.3 Å². The standard InChI is InChI=1S/C15H22N5O11P3/c1-2-7-27-34(26,31-33(24,25)30-32(21,22)23)28-8-12-4-3-11(29-12)5-6-20-10-19-13-14(16)17-9-18-15(13)20/h1,9-12H,3-8H2,(H,24,25)(H2,16,17,18)(H2,21,22,23). The van der Waals surface area contributed by atoms with Gasteiger partial charge in [-0.2, -0.15) is 8.62 Å². The van der Waals surface area contributed by atoms with Crippen LogP contribution in [0.3, 0.4) is 0 Å². The Kier molecular flexibility index (Phi) is 8.62. The van der Waals surface area contributed by atoms with E-state index < -0.39 is 36.2 Å². The largest absolute Gasteiger partial charge is 0.490 e. The Labute approximate surface area is 193 Å². The van der Waals surface area contributed by atoms with E-state index in [0.717, 1.165) is 0 Å². The number of aromatic nitrogens is 4. The highest BCUT2D eigenvalue weighted by Gasteiger charge is 2.43. The maximum absolute atomic E-state index is 12.6. The van der Waals surface area contributed by atoms with Crippen LogP contribution in [-0.4, -0.2) is 59.6 Å². The lowest BCUT2D eigenvalue weighted by Gasteiger charge is -2.21. The highest BCUT2D eigenvalue weighted by atomic mass is 31.3. The number of phosphoric ester groups is 1. The van der Waals surface area contributed by atoms with Gasteiger partial charge in [0.15, 0.2) is 11.5 Å². The summed E-state index contributed by atoms with van der Waals surface area (Å²) in [6, 6.07) is 0. The van der Waals surface area contributed by atoms with Crippen LogP contribution in [0.4, 0.5) is 5.82 Å². The maximum Gasteiger partial charge on any atom is 0.490 e. The van der Waals surface area contributed by atoms with Gasteiger partial charge in [0.2, 0.25) is 0 Å². The Morgan fingerprint density at radius 3 is 2.59 bits per heavy atom. The number of hydrogen-bond acceptors (Lipinski definition) is 12. The molecule has 1 saturated heterocycles. The predicted octanol–water partition coefficient (Wildman–Crippen LogP) is 1.35. The Morgan fingerprint density at radius 1 is 1.15 bits per heavy atom. The van der Waals surface area contributed by atoms with E-state index in [1.165, 1.54) is 6.33 Å². The van der Waals surface area contributed by atoms with Gasteiger partial charge in [-0.1, -0.05) is 5.92 Å². The predicted molar refractivity (Wildman–Crippen MR) is 115 cm³/mol. The van der Waals surface area contributed by atoms with Crippen molar-refractivity contribution in [2.24, 2.45) is 0 Å². The van der Waals surface area contributed by atoms with E-state index in [2.05, 4.69) is 28.1 Å². The zero-order chi connectivity index (χ0) is 25.0. The van der Waals surface area contributed by atoms with Crippen LogP contribution in [0.25, 0.3) is 11.2 Å². The summed E-state index contributed by atoms with van der Waals surface area (Å²) in [6.45, 7) is -0.508. The van der Waals surface area contributed by atoms with E-state index >= 15 is 0 Å². The highest BCUT2D eigenvalue weighted by Crippen LogP contribution is 2.68. The molecule has 2 aromatic rings. The van der Waals surface area contributed by atoms with Gasteiger partial charge in [-0.15, -0.1) is 6.42 Å². The van der Waals surface area contributed by atoms with E-state index in [9.17, 15) is 18.6 Å². The van der Waals surface area contributed by atoms with Crippen molar-refractivity contribution in [3.05, 3.63) is 12.7 Å². The van der Waals surface area contributed by atoms with Gasteiger partial charge in [-0.05, 0) is 19.3 Å². The van der Waals surface area contributed by atoms with Crippen molar-refractivity contribution >= 4 is 40.4 Å². The number of nitrogens with zero attached hydrogens (tertiary/aromatic N) is 4. The summed E-state index contributed by atoms with van der Waals surface area (Å²) >= 11 is 0. The Morgan fingerprint density at radius 2 is 1.88 bits per heavy atom. The minimum absolute atomic E-state index is 0.195. The molecule has 3 heterocycles.